The van der Waals surface area contributed by atoms with Crippen molar-refractivity contribution in [3.8, 4) is 0 Å². The number of anilines is 1. The molecular weight excluding hydrogens is 632 g/mol. The van der Waals surface area contributed by atoms with E-state index in [0.717, 1.165) is 5.56 Å². The van der Waals surface area contributed by atoms with E-state index in [0.29, 0.717) is 5.02 Å². The van der Waals surface area contributed by atoms with Gasteiger partial charge >= 0.3 is 19.0 Å². The fourth-order valence-corrected chi connectivity index (χ4v) is 6.62. The van der Waals surface area contributed by atoms with Gasteiger partial charge in [-0.1, -0.05) is 58.2 Å². The number of nitrogens with zero attached hydrogens (tertiary/aromatic N) is 5. The molecule has 0 amide bonds. The normalized spacial score (nSPS) is 24.0. The van der Waals surface area contributed by atoms with Gasteiger partial charge in [-0.3, -0.25) is 9.13 Å². The van der Waals surface area contributed by atoms with E-state index in [2.05, 4.69) is 25.6 Å². The van der Waals surface area contributed by atoms with E-state index in [-0.39, 0.29) is 35.2 Å². The third-order valence-electron chi connectivity index (χ3n) is 5.94. The average Bonchev–Trinajstić information content (AvgIpc) is 3.37. The highest BCUT2D eigenvalue weighted by Crippen LogP contribution is 2.76. The molecule has 1 aromatic carbocycles. The molecule has 6 N–H and O–H groups in total. The van der Waals surface area contributed by atoms with Gasteiger partial charge in [-0.05, 0) is 29.7 Å². The zero-order chi connectivity index (χ0) is 28.0. The number of nitrogens with one attached hydrogen (secondary N) is 1. The number of hydrogen-bond acceptors (Lipinski definition) is 10. The number of rotatable bonds is 9. The van der Waals surface area contributed by atoms with Crippen LogP contribution in [0.3, 0.4) is 0 Å². The highest BCUT2D eigenvalue weighted by Gasteiger charge is 2.60. The van der Waals surface area contributed by atoms with Gasteiger partial charge in [0.05, 0.1) is 18.8 Å². The van der Waals surface area contributed by atoms with Gasteiger partial charge in [0, 0.05) is 17.5 Å². The fraction of sp³-hybridized carbons (Fsp3) is 0.444. The number of aliphatic hydroxyl groups is 2. The highest BCUT2D eigenvalue weighted by atomic mass is 35.5. The topological polar surface area (TPSA) is 213 Å². The van der Waals surface area contributed by atoms with Crippen LogP contribution in [-0.4, -0.2) is 72.5 Å². The van der Waals surface area contributed by atoms with Crippen LogP contribution in [0.15, 0.2) is 24.3 Å². The molecule has 2 aromatic heterocycles. The van der Waals surface area contributed by atoms with E-state index in [1.807, 2.05) is 12.1 Å². The lowest BCUT2D eigenvalue weighted by atomic mass is 10.1. The van der Waals surface area contributed by atoms with E-state index in [4.69, 9.17) is 50.9 Å². The summed E-state index contributed by atoms with van der Waals surface area (Å²) in [5.41, 5.74) is 1.11. The van der Waals surface area contributed by atoms with Crippen molar-refractivity contribution in [3.05, 3.63) is 40.1 Å². The van der Waals surface area contributed by atoms with Crippen molar-refractivity contribution in [2.24, 2.45) is 5.92 Å². The summed E-state index contributed by atoms with van der Waals surface area (Å²) < 4.78 is 26.3. The molecule has 208 valence electrons. The number of aromatic nitrogens is 5. The molecule has 38 heavy (non-hydrogen) atoms. The Morgan fingerprint density at radius 3 is 2.45 bits per heavy atom. The molecule has 0 aliphatic heterocycles. The maximum atomic E-state index is 12.3. The Bertz CT molecular complexity index is 1440. The van der Waals surface area contributed by atoms with Crippen LogP contribution in [0.2, 0.25) is 10.3 Å². The molecule has 1 unspecified atom stereocenters. The molecule has 0 bridgehead atoms. The van der Waals surface area contributed by atoms with Crippen LogP contribution in [-0.2, 0) is 20.2 Å². The lowest BCUT2D eigenvalue weighted by Gasteiger charge is -2.26. The SMILES string of the molecule is O=P(O)(O)C(Cl)(Cl)P(=O)(O)OC[C@H]1C[C@@H](n2nnc3c(NCc4ccccc4Cl)nc(Cl)nc32)[C@H](O)[C@@H]1O. The van der Waals surface area contributed by atoms with Crippen LogP contribution < -0.4 is 5.32 Å². The quantitative estimate of drug-likeness (QED) is 0.112. The van der Waals surface area contributed by atoms with Gasteiger partial charge in [-0.2, -0.15) is 9.97 Å². The summed E-state index contributed by atoms with van der Waals surface area (Å²) in [4.78, 5) is 36.6. The van der Waals surface area contributed by atoms with Gasteiger partial charge in [0.1, 0.15) is 6.10 Å². The number of fused-ring (bicyclic) bond motifs is 1. The first kappa shape index (κ1) is 29.9. The Morgan fingerprint density at radius 1 is 1.11 bits per heavy atom. The van der Waals surface area contributed by atoms with Gasteiger partial charge in [-0.15, -0.1) is 5.10 Å². The standard InChI is InChI=1S/C18H20Cl4N6O8P2/c19-10-4-2-1-3-8(10)6-23-15-12-16(25-17(20)24-15)28(27-26-12)11-5-9(13(29)14(11)30)7-36-38(34,35)18(21,22)37(31,32)33/h1-4,9,11,13-14,29-30H,5-7H2,(H,34,35)(H,23,24,25)(H2,31,32,33)/t9-,11-,13-,14+/m1/s1. The minimum absolute atomic E-state index is 0.0711. The summed E-state index contributed by atoms with van der Waals surface area (Å²) in [6.45, 7) is -0.450. The van der Waals surface area contributed by atoms with Crippen LogP contribution in [0.25, 0.3) is 11.2 Å². The summed E-state index contributed by atoms with van der Waals surface area (Å²) >= 11 is 23.1. The van der Waals surface area contributed by atoms with Crippen molar-refractivity contribution < 1.29 is 38.5 Å². The van der Waals surface area contributed by atoms with Gasteiger partial charge in [-0.25, -0.2) is 4.68 Å². The maximum absolute atomic E-state index is 12.3. The molecule has 5 atom stereocenters. The zero-order valence-corrected chi connectivity index (χ0v) is 23.7. The van der Waals surface area contributed by atoms with Gasteiger partial charge in [0.2, 0.25) is 5.28 Å². The highest BCUT2D eigenvalue weighted by molar-refractivity contribution is 7.78. The van der Waals surface area contributed by atoms with Crippen molar-refractivity contribution >= 4 is 78.6 Å². The summed E-state index contributed by atoms with van der Waals surface area (Å²) in [5, 5.41) is 32.8. The Balaban J connectivity index is 1.55. The van der Waals surface area contributed by atoms with Crippen LogP contribution in [0, 0.1) is 5.92 Å². The number of halogens is 4. The third-order valence-corrected chi connectivity index (χ3v) is 12.5. The second-order valence-corrected chi connectivity index (χ2v) is 15.6. The summed E-state index contributed by atoms with van der Waals surface area (Å²) in [6, 6.07) is 6.20. The smallest absolute Gasteiger partial charge is 0.376 e. The van der Waals surface area contributed by atoms with Crippen LogP contribution in [0.1, 0.15) is 18.0 Å². The summed E-state index contributed by atoms with van der Waals surface area (Å²) in [7, 11) is -10.8. The molecule has 14 nitrogen and oxygen atoms in total. The van der Waals surface area contributed by atoms with Crippen LogP contribution in [0.4, 0.5) is 5.82 Å². The van der Waals surface area contributed by atoms with E-state index >= 15 is 0 Å². The maximum Gasteiger partial charge on any atom is 0.376 e. The molecule has 0 saturated heterocycles. The van der Waals surface area contributed by atoms with Crippen molar-refractivity contribution in [1.29, 1.82) is 0 Å². The molecular formula is C18H20Cl4N6O8P2. The van der Waals surface area contributed by atoms with Crippen LogP contribution in [0.5, 0.6) is 0 Å². The molecule has 1 aliphatic carbocycles. The average molecular weight is 652 g/mol. The molecule has 1 saturated carbocycles. The van der Waals surface area contributed by atoms with E-state index in [1.165, 1.54) is 4.68 Å². The third kappa shape index (κ3) is 5.69. The van der Waals surface area contributed by atoms with Gasteiger partial charge in [0.15, 0.2) is 17.0 Å². The first-order chi connectivity index (χ1) is 17.6. The van der Waals surface area contributed by atoms with Crippen molar-refractivity contribution in [2.45, 2.75) is 35.0 Å². The molecule has 0 spiro atoms. The lowest BCUT2D eigenvalue weighted by Crippen LogP contribution is -2.31. The number of alkyl halides is 2. The largest absolute Gasteiger partial charge is 0.390 e. The Kier molecular flexibility index (Phi) is 8.67. The molecule has 20 heteroatoms. The number of hydrogen-bond donors (Lipinski definition) is 6. The lowest BCUT2D eigenvalue weighted by molar-refractivity contribution is -0.00372. The molecule has 3 aromatic rings. The molecule has 4 rings (SSSR count). The number of aliphatic hydroxyl groups excluding tert-OH is 2. The molecule has 2 heterocycles. The first-order valence-electron chi connectivity index (χ1n) is 10.7. The monoisotopic (exact) mass is 650 g/mol. The van der Waals surface area contributed by atoms with Crippen molar-refractivity contribution in [1.82, 2.24) is 25.0 Å². The fourth-order valence-electron chi connectivity index (χ4n) is 3.92. The Morgan fingerprint density at radius 2 is 1.79 bits per heavy atom. The Hall–Kier alpha value is -1.12. The van der Waals surface area contributed by atoms with E-state index in [9.17, 15) is 34.0 Å². The zero-order valence-electron chi connectivity index (χ0n) is 18.8. The minimum Gasteiger partial charge on any atom is -0.390 e. The summed E-state index contributed by atoms with van der Waals surface area (Å²) in [5.74, 6) is -0.760. The predicted octanol–water partition coefficient (Wildman–Crippen LogP) is 2.89. The van der Waals surface area contributed by atoms with E-state index < -0.39 is 49.8 Å². The predicted molar refractivity (Wildman–Crippen MR) is 138 cm³/mol. The molecule has 0 radical (unpaired) electrons. The molecule has 1 fully saturated rings. The van der Waals surface area contributed by atoms with Crippen molar-refractivity contribution in [3.63, 3.8) is 0 Å². The van der Waals surface area contributed by atoms with Crippen molar-refractivity contribution in [2.75, 3.05) is 11.9 Å². The minimum atomic E-state index is -5.48. The van der Waals surface area contributed by atoms with Gasteiger partial charge in [0.25, 0.3) is 0 Å². The van der Waals surface area contributed by atoms with Crippen LogP contribution >= 0.6 is 61.6 Å². The Labute approximate surface area is 234 Å². The summed E-state index contributed by atoms with van der Waals surface area (Å²) in [6.07, 6.45) is -3.03. The van der Waals surface area contributed by atoms with E-state index in [1.54, 1.807) is 12.1 Å². The number of benzene rings is 1. The molecule has 1 aliphatic rings. The van der Waals surface area contributed by atoms with Gasteiger partial charge < -0.3 is 34.7 Å². The second kappa shape index (κ2) is 11.0. The first-order valence-corrected chi connectivity index (χ1v) is 15.4. The second-order valence-electron chi connectivity index (χ2n) is 8.41.